The van der Waals surface area contributed by atoms with Crippen LogP contribution in [0.15, 0.2) is 59.1 Å². The zero-order valence-corrected chi connectivity index (χ0v) is 18.6. The number of methoxy groups -OCH3 is 1. The summed E-state index contributed by atoms with van der Waals surface area (Å²) in [5.74, 6) is 1.54. The number of nitrogens with zero attached hydrogens (tertiary/aromatic N) is 3. The molecule has 0 spiro atoms. The van der Waals surface area contributed by atoms with Gasteiger partial charge in [-0.1, -0.05) is 47.1 Å². The number of hydrogen-bond acceptors (Lipinski definition) is 6. The number of nitrogens with one attached hydrogen (secondary N) is 1. The first-order chi connectivity index (χ1) is 15.6. The van der Waals surface area contributed by atoms with Crippen LogP contribution in [-0.2, 0) is 17.8 Å². The molecule has 0 radical (unpaired) electrons. The molecule has 2 heterocycles. The molecule has 1 amide bonds. The van der Waals surface area contributed by atoms with Gasteiger partial charge in [0.2, 0.25) is 11.8 Å². The molecule has 0 unspecified atom stereocenters. The van der Waals surface area contributed by atoms with Crippen molar-refractivity contribution in [2.45, 2.75) is 25.8 Å². The van der Waals surface area contributed by atoms with E-state index in [1.807, 2.05) is 30.3 Å². The van der Waals surface area contributed by atoms with Crippen molar-refractivity contribution in [3.63, 3.8) is 0 Å². The van der Waals surface area contributed by atoms with Crippen LogP contribution in [0.1, 0.15) is 30.1 Å². The lowest BCUT2D eigenvalue weighted by Gasteiger charge is -2.25. The molecule has 2 aromatic carbocycles. The van der Waals surface area contributed by atoms with Gasteiger partial charge in [-0.05, 0) is 41.8 Å². The predicted molar refractivity (Wildman–Crippen MR) is 124 cm³/mol. The quantitative estimate of drug-likeness (QED) is 0.538. The summed E-state index contributed by atoms with van der Waals surface area (Å²) in [7, 11) is 1.57. The number of para-hydroxylation sites is 2. The number of ether oxygens (including phenoxy) is 1. The Morgan fingerprint density at radius 1 is 1.25 bits per heavy atom. The Bertz CT molecular complexity index is 1110. The number of carbonyl (C=O) groups is 1. The van der Waals surface area contributed by atoms with E-state index in [-0.39, 0.29) is 12.3 Å². The summed E-state index contributed by atoms with van der Waals surface area (Å²) in [6.45, 7) is 2.57. The van der Waals surface area contributed by atoms with E-state index in [0.29, 0.717) is 29.6 Å². The molecule has 1 aliphatic rings. The smallest absolute Gasteiger partial charge is 0.227 e. The van der Waals surface area contributed by atoms with E-state index in [0.717, 1.165) is 36.7 Å². The van der Waals surface area contributed by atoms with Crippen LogP contribution in [0.5, 0.6) is 5.75 Å². The number of aryl methyl sites for hydroxylation is 1. The molecule has 166 valence electrons. The van der Waals surface area contributed by atoms with Gasteiger partial charge in [-0.15, -0.1) is 0 Å². The third kappa shape index (κ3) is 5.75. The van der Waals surface area contributed by atoms with Crippen molar-refractivity contribution in [2.75, 3.05) is 25.5 Å². The molecule has 1 aliphatic heterocycles. The number of halogens is 1. The van der Waals surface area contributed by atoms with Gasteiger partial charge in [0.1, 0.15) is 5.75 Å². The summed E-state index contributed by atoms with van der Waals surface area (Å²) in [6.07, 6.45) is 3.60. The first-order valence-electron chi connectivity index (χ1n) is 10.5. The zero-order chi connectivity index (χ0) is 22.3. The highest BCUT2D eigenvalue weighted by Gasteiger charge is 2.18. The van der Waals surface area contributed by atoms with Gasteiger partial charge >= 0.3 is 0 Å². The third-order valence-corrected chi connectivity index (χ3v) is 5.53. The van der Waals surface area contributed by atoms with Crippen molar-refractivity contribution in [3.8, 4) is 5.75 Å². The van der Waals surface area contributed by atoms with Gasteiger partial charge in [-0.2, -0.15) is 4.98 Å². The van der Waals surface area contributed by atoms with E-state index in [4.69, 9.17) is 20.9 Å². The number of benzene rings is 2. The van der Waals surface area contributed by atoms with E-state index < -0.39 is 0 Å². The SMILES string of the molecule is COc1ccccc1NC(=O)CCc1nc(C2=CCN(Cc3cccc(Cl)c3)CC2)no1. The normalized spacial score (nSPS) is 14.1. The average Bonchev–Trinajstić information content (AvgIpc) is 3.28. The van der Waals surface area contributed by atoms with Crippen LogP contribution in [0.3, 0.4) is 0 Å². The van der Waals surface area contributed by atoms with Crippen molar-refractivity contribution in [2.24, 2.45) is 0 Å². The molecular formula is C24H25ClN4O3. The molecule has 0 saturated heterocycles. The summed E-state index contributed by atoms with van der Waals surface area (Å²) in [6, 6.07) is 15.2. The molecule has 0 bridgehead atoms. The molecule has 0 fully saturated rings. The van der Waals surface area contributed by atoms with Crippen molar-refractivity contribution >= 4 is 28.8 Å². The lowest BCUT2D eigenvalue weighted by molar-refractivity contribution is -0.116. The second-order valence-electron chi connectivity index (χ2n) is 7.60. The Morgan fingerprint density at radius 3 is 2.91 bits per heavy atom. The van der Waals surface area contributed by atoms with Gasteiger partial charge < -0.3 is 14.6 Å². The molecule has 8 heteroatoms. The molecular weight excluding hydrogens is 428 g/mol. The number of amides is 1. The standard InChI is InChI=1S/C24H25ClN4O3/c1-31-21-8-3-2-7-20(21)26-22(30)9-10-23-27-24(28-32-23)18-11-13-29(14-12-18)16-17-5-4-6-19(25)15-17/h2-8,11,15H,9-10,12-14,16H2,1H3,(H,26,30). The summed E-state index contributed by atoms with van der Waals surface area (Å²) in [5, 5.41) is 7.72. The van der Waals surface area contributed by atoms with E-state index in [2.05, 4.69) is 32.5 Å². The van der Waals surface area contributed by atoms with Crippen LogP contribution < -0.4 is 10.1 Å². The number of aromatic nitrogens is 2. The highest BCUT2D eigenvalue weighted by Crippen LogP contribution is 2.24. The molecule has 0 saturated carbocycles. The molecule has 4 rings (SSSR count). The Balaban J connectivity index is 1.28. The lowest BCUT2D eigenvalue weighted by atomic mass is 10.1. The van der Waals surface area contributed by atoms with Gasteiger partial charge in [0, 0.05) is 37.5 Å². The maximum Gasteiger partial charge on any atom is 0.227 e. The summed E-state index contributed by atoms with van der Waals surface area (Å²) >= 11 is 6.08. The highest BCUT2D eigenvalue weighted by molar-refractivity contribution is 6.30. The second-order valence-corrected chi connectivity index (χ2v) is 8.04. The first kappa shape index (κ1) is 22.0. The fourth-order valence-electron chi connectivity index (χ4n) is 3.62. The monoisotopic (exact) mass is 452 g/mol. The summed E-state index contributed by atoms with van der Waals surface area (Å²) < 4.78 is 10.6. The van der Waals surface area contributed by atoms with Gasteiger partial charge in [-0.3, -0.25) is 9.69 Å². The summed E-state index contributed by atoms with van der Waals surface area (Å²) in [5.41, 5.74) is 2.91. The fraction of sp³-hybridized carbons (Fsp3) is 0.292. The molecule has 0 aliphatic carbocycles. The Labute approximate surface area is 192 Å². The van der Waals surface area contributed by atoms with Gasteiger partial charge in [0.15, 0.2) is 5.82 Å². The molecule has 1 aromatic heterocycles. The zero-order valence-electron chi connectivity index (χ0n) is 17.9. The molecule has 32 heavy (non-hydrogen) atoms. The van der Waals surface area contributed by atoms with Gasteiger partial charge in [0.25, 0.3) is 0 Å². The number of hydrogen-bond donors (Lipinski definition) is 1. The minimum absolute atomic E-state index is 0.136. The van der Waals surface area contributed by atoms with Crippen molar-refractivity contribution < 1.29 is 14.1 Å². The van der Waals surface area contributed by atoms with Crippen LogP contribution in [0, 0.1) is 0 Å². The number of anilines is 1. The Kier molecular flexibility index (Phi) is 7.19. The topological polar surface area (TPSA) is 80.5 Å². The van der Waals surface area contributed by atoms with Crippen LogP contribution in [0.2, 0.25) is 5.02 Å². The van der Waals surface area contributed by atoms with E-state index >= 15 is 0 Å². The van der Waals surface area contributed by atoms with Crippen molar-refractivity contribution in [1.29, 1.82) is 0 Å². The van der Waals surface area contributed by atoms with Crippen molar-refractivity contribution in [3.05, 3.63) is 76.9 Å². The maximum atomic E-state index is 12.3. The summed E-state index contributed by atoms with van der Waals surface area (Å²) in [4.78, 5) is 19.1. The maximum absolute atomic E-state index is 12.3. The van der Waals surface area contributed by atoms with Crippen molar-refractivity contribution in [1.82, 2.24) is 15.0 Å². The van der Waals surface area contributed by atoms with E-state index in [9.17, 15) is 4.79 Å². The third-order valence-electron chi connectivity index (χ3n) is 5.29. The average molecular weight is 453 g/mol. The van der Waals surface area contributed by atoms with Crippen LogP contribution in [0.4, 0.5) is 5.69 Å². The number of carbonyl (C=O) groups excluding carboxylic acids is 1. The highest BCUT2D eigenvalue weighted by atomic mass is 35.5. The fourth-order valence-corrected chi connectivity index (χ4v) is 3.83. The van der Waals surface area contributed by atoms with Crippen LogP contribution in [0.25, 0.3) is 5.57 Å². The van der Waals surface area contributed by atoms with Crippen LogP contribution in [-0.4, -0.2) is 41.1 Å². The molecule has 7 nitrogen and oxygen atoms in total. The Morgan fingerprint density at radius 2 is 2.12 bits per heavy atom. The predicted octanol–water partition coefficient (Wildman–Crippen LogP) is 4.59. The van der Waals surface area contributed by atoms with Crippen LogP contribution >= 0.6 is 11.6 Å². The first-order valence-corrected chi connectivity index (χ1v) is 10.9. The Hall–Kier alpha value is -3.16. The largest absolute Gasteiger partial charge is 0.495 e. The van der Waals surface area contributed by atoms with E-state index in [1.54, 1.807) is 19.2 Å². The molecule has 0 atom stereocenters. The lowest BCUT2D eigenvalue weighted by Crippen LogP contribution is -2.28. The van der Waals surface area contributed by atoms with E-state index in [1.165, 1.54) is 5.56 Å². The second kappa shape index (κ2) is 10.4. The molecule has 3 aromatic rings. The van der Waals surface area contributed by atoms with Gasteiger partial charge in [0.05, 0.1) is 12.8 Å². The minimum atomic E-state index is -0.136. The number of rotatable bonds is 8. The molecule has 1 N–H and O–H groups in total. The minimum Gasteiger partial charge on any atom is -0.495 e. The van der Waals surface area contributed by atoms with Gasteiger partial charge in [-0.25, -0.2) is 0 Å².